The molecule has 1 aliphatic heterocycles. The maximum absolute atomic E-state index is 12.3. The summed E-state index contributed by atoms with van der Waals surface area (Å²) in [7, 11) is 0. The molecule has 4 nitrogen and oxygen atoms in total. The average molecular weight is 255 g/mol. The highest BCUT2D eigenvalue weighted by molar-refractivity contribution is 5.64. The molecule has 0 unspecified atom stereocenters. The molecule has 0 saturated carbocycles. The lowest BCUT2D eigenvalue weighted by atomic mass is 10.1. The summed E-state index contributed by atoms with van der Waals surface area (Å²) >= 11 is 0. The van der Waals surface area contributed by atoms with Crippen molar-refractivity contribution < 1.29 is 17.7 Å². The van der Waals surface area contributed by atoms with Gasteiger partial charge in [-0.3, -0.25) is 0 Å². The monoisotopic (exact) mass is 255 g/mol. The molecule has 0 bridgehead atoms. The largest absolute Gasteiger partial charge is 0.455 e. The number of hydrogen-bond acceptors (Lipinski definition) is 4. The smallest absolute Gasteiger partial charge is 0.384 e. The van der Waals surface area contributed by atoms with Crippen LogP contribution in [0.4, 0.5) is 18.9 Å². The molecule has 2 aromatic rings. The van der Waals surface area contributed by atoms with Crippen molar-refractivity contribution in [2.45, 2.75) is 12.6 Å². The van der Waals surface area contributed by atoms with Crippen molar-refractivity contribution in [3.8, 4) is 11.5 Å². The first kappa shape index (κ1) is 11.1. The fraction of sp³-hybridized carbons (Fsp3) is 0.273. The summed E-state index contributed by atoms with van der Waals surface area (Å²) < 4.78 is 41.7. The number of nitrogens with one attached hydrogen (secondary N) is 1. The van der Waals surface area contributed by atoms with Gasteiger partial charge in [0.2, 0.25) is 0 Å². The number of alkyl halides is 3. The number of benzene rings is 1. The van der Waals surface area contributed by atoms with Gasteiger partial charge in [0, 0.05) is 17.8 Å². The predicted molar refractivity (Wildman–Crippen MR) is 56.9 cm³/mol. The van der Waals surface area contributed by atoms with Crippen molar-refractivity contribution in [1.29, 1.82) is 0 Å². The fourth-order valence-corrected chi connectivity index (χ4v) is 1.89. The first-order valence-corrected chi connectivity index (χ1v) is 5.32. The maximum atomic E-state index is 12.3. The van der Waals surface area contributed by atoms with Crippen LogP contribution in [0.15, 0.2) is 22.7 Å². The van der Waals surface area contributed by atoms with E-state index in [2.05, 4.69) is 20.0 Å². The van der Waals surface area contributed by atoms with Crippen LogP contribution in [-0.2, 0) is 12.6 Å². The molecule has 0 atom stereocenters. The first-order valence-electron chi connectivity index (χ1n) is 5.32. The molecule has 1 aromatic carbocycles. The minimum atomic E-state index is -4.58. The van der Waals surface area contributed by atoms with Crippen LogP contribution < -0.4 is 5.32 Å². The SMILES string of the molecule is FC(F)(F)c1noc(-c2ccc3c(c2)CCN3)n1. The van der Waals surface area contributed by atoms with Crippen LogP contribution in [0.1, 0.15) is 11.4 Å². The van der Waals surface area contributed by atoms with E-state index in [1.165, 1.54) is 0 Å². The van der Waals surface area contributed by atoms with Crippen molar-refractivity contribution >= 4 is 5.69 Å². The van der Waals surface area contributed by atoms with Crippen LogP contribution in [0, 0.1) is 0 Å². The summed E-state index contributed by atoms with van der Waals surface area (Å²) in [6, 6.07) is 5.23. The Morgan fingerprint density at radius 3 is 2.83 bits per heavy atom. The second-order valence-electron chi connectivity index (χ2n) is 3.97. The van der Waals surface area contributed by atoms with Crippen molar-refractivity contribution in [2.24, 2.45) is 0 Å². The van der Waals surface area contributed by atoms with Gasteiger partial charge in [-0.25, -0.2) is 0 Å². The molecule has 18 heavy (non-hydrogen) atoms. The van der Waals surface area contributed by atoms with Crippen molar-refractivity contribution in [3.63, 3.8) is 0 Å². The van der Waals surface area contributed by atoms with Gasteiger partial charge in [0.1, 0.15) is 0 Å². The van der Waals surface area contributed by atoms with Gasteiger partial charge in [-0.15, -0.1) is 0 Å². The number of nitrogens with zero attached hydrogens (tertiary/aromatic N) is 2. The molecule has 0 amide bonds. The Morgan fingerprint density at radius 1 is 1.28 bits per heavy atom. The molecule has 1 N–H and O–H groups in total. The molecule has 0 spiro atoms. The topological polar surface area (TPSA) is 51.0 Å². The van der Waals surface area contributed by atoms with Gasteiger partial charge in [0.05, 0.1) is 0 Å². The highest BCUT2D eigenvalue weighted by atomic mass is 19.4. The number of hydrogen-bond donors (Lipinski definition) is 1. The summed E-state index contributed by atoms with van der Waals surface area (Å²) in [4.78, 5) is 3.35. The first-order chi connectivity index (χ1) is 8.54. The second kappa shape index (κ2) is 3.72. The molecule has 3 rings (SSSR count). The number of halogens is 3. The van der Waals surface area contributed by atoms with Crippen LogP contribution in [0.5, 0.6) is 0 Å². The number of anilines is 1. The highest BCUT2D eigenvalue weighted by Gasteiger charge is 2.37. The molecule has 0 radical (unpaired) electrons. The lowest BCUT2D eigenvalue weighted by Crippen LogP contribution is -2.07. The third-order valence-electron chi connectivity index (χ3n) is 2.74. The standard InChI is InChI=1S/C11H8F3N3O/c12-11(13,14)10-16-9(18-17-10)7-1-2-8-6(5-7)3-4-15-8/h1-2,5,15H,3-4H2. The molecule has 0 aliphatic carbocycles. The third kappa shape index (κ3) is 1.81. The zero-order chi connectivity index (χ0) is 12.8. The van der Waals surface area contributed by atoms with Gasteiger partial charge in [-0.2, -0.15) is 18.2 Å². The normalized spacial score (nSPS) is 14.4. The molecule has 0 saturated heterocycles. The lowest BCUT2D eigenvalue weighted by Gasteiger charge is -2.00. The number of aromatic nitrogens is 2. The van der Waals surface area contributed by atoms with Crippen LogP contribution in [0.2, 0.25) is 0 Å². The van der Waals surface area contributed by atoms with E-state index in [0.717, 1.165) is 24.2 Å². The van der Waals surface area contributed by atoms with Gasteiger partial charge < -0.3 is 9.84 Å². The summed E-state index contributed by atoms with van der Waals surface area (Å²) in [5.74, 6) is -1.37. The maximum Gasteiger partial charge on any atom is 0.455 e. The lowest BCUT2D eigenvalue weighted by molar-refractivity contribution is -0.146. The molecular weight excluding hydrogens is 247 g/mol. The Hall–Kier alpha value is -2.05. The van der Waals surface area contributed by atoms with Gasteiger partial charge in [-0.05, 0) is 30.2 Å². The second-order valence-corrected chi connectivity index (χ2v) is 3.97. The Kier molecular flexibility index (Phi) is 2.29. The van der Waals surface area contributed by atoms with E-state index in [0.29, 0.717) is 5.56 Å². The van der Waals surface area contributed by atoms with Crippen molar-refractivity contribution in [3.05, 3.63) is 29.6 Å². The van der Waals surface area contributed by atoms with Gasteiger partial charge >= 0.3 is 6.18 Å². The number of rotatable bonds is 1. The Morgan fingerprint density at radius 2 is 2.11 bits per heavy atom. The molecule has 94 valence electrons. The molecule has 7 heteroatoms. The summed E-state index contributed by atoms with van der Waals surface area (Å²) in [5.41, 5.74) is 2.54. The van der Waals surface area contributed by atoms with Gasteiger partial charge in [-0.1, -0.05) is 5.16 Å². The Balaban J connectivity index is 1.98. The van der Waals surface area contributed by atoms with E-state index in [1.54, 1.807) is 18.2 Å². The minimum Gasteiger partial charge on any atom is -0.384 e. The molecule has 1 aliphatic rings. The van der Waals surface area contributed by atoms with Gasteiger partial charge in [0.15, 0.2) is 0 Å². The molecule has 2 heterocycles. The van der Waals surface area contributed by atoms with E-state index in [-0.39, 0.29) is 5.89 Å². The Labute approximate surface area is 99.8 Å². The van der Waals surface area contributed by atoms with Crippen molar-refractivity contribution in [1.82, 2.24) is 10.1 Å². The molecule has 1 aromatic heterocycles. The summed E-state index contributed by atoms with van der Waals surface area (Å²) in [6.07, 6.45) is -3.75. The van der Waals surface area contributed by atoms with E-state index in [9.17, 15) is 13.2 Å². The predicted octanol–water partition coefficient (Wildman–Crippen LogP) is 2.72. The quantitative estimate of drug-likeness (QED) is 0.851. The van der Waals surface area contributed by atoms with E-state index >= 15 is 0 Å². The molecule has 0 fully saturated rings. The fourth-order valence-electron chi connectivity index (χ4n) is 1.89. The van der Waals surface area contributed by atoms with Crippen LogP contribution >= 0.6 is 0 Å². The third-order valence-corrected chi connectivity index (χ3v) is 2.74. The number of fused-ring (bicyclic) bond motifs is 1. The van der Waals surface area contributed by atoms with E-state index in [4.69, 9.17) is 0 Å². The zero-order valence-electron chi connectivity index (χ0n) is 9.08. The minimum absolute atomic E-state index is 0.114. The zero-order valence-corrected chi connectivity index (χ0v) is 9.08. The van der Waals surface area contributed by atoms with Gasteiger partial charge in [0.25, 0.3) is 11.7 Å². The average Bonchev–Trinajstić information content (AvgIpc) is 2.96. The Bertz CT molecular complexity index is 591. The van der Waals surface area contributed by atoms with E-state index < -0.39 is 12.0 Å². The van der Waals surface area contributed by atoms with Crippen molar-refractivity contribution in [2.75, 3.05) is 11.9 Å². The highest BCUT2D eigenvalue weighted by Crippen LogP contribution is 2.31. The van der Waals surface area contributed by atoms with E-state index in [1.807, 2.05) is 0 Å². The summed E-state index contributed by atoms with van der Waals surface area (Å²) in [5, 5.41) is 6.09. The molecular formula is C11H8F3N3O. The van der Waals surface area contributed by atoms with Crippen LogP contribution in [-0.4, -0.2) is 16.7 Å². The van der Waals surface area contributed by atoms with Crippen LogP contribution in [0.25, 0.3) is 11.5 Å². The van der Waals surface area contributed by atoms with Crippen LogP contribution in [0.3, 0.4) is 0 Å². The summed E-state index contributed by atoms with van der Waals surface area (Å²) in [6.45, 7) is 0.830.